The van der Waals surface area contributed by atoms with Crippen molar-refractivity contribution in [3.8, 4) is 17.2 Å². The van der Waals surface area contributed by atoms with Gasteiger partial charge in [-0.05, 0) is 77.2 Å². The third-order valence-corrected chi connectivity index (χ3v) is 7.85. The lowest BCUT2D eigenvalue weighted by Crippen LogP contribution is -2.36. The maximum atomic E-state index is 13.3. The molecule has 0 unspecified atom stereocenters. The van der Waals surface area contributed by atoms with E-state index in [1.54, 1.807) is 79.9 Å². The Morgan fingerprint density at radius 1 is 0.848 bits per heavy atom. The molecule has 3 N–H and O–H groups in total. The summed E-state index contributed by atoms with van der Waals surface area (Å²) in [6, 6.07) is 20.2. The number of hydrogen-bond donors (Lipinski definition) is 3. The summed E-state index contributed by atoms with van der Waals surface area (Å²) in [5.74, 6) is 0.913. The first-order valence-corrected chi connectivity index (χ1v) is 12.0. The SMILES string of the molecule is COc1ccc(NS(=O)(=O)[C@H]2C[C@H]3O[C@@H]2C(c2ccc(O)cc2)=C3c2ccc(O)cc2)cc1. The Labute approximate surface area is 192 Å². The molecule has 5 rings (SSSR count). The summed E-state index contributed by atoms with van der Waals surface area (Å²) in [5, 5.41) is 18.7. The van der Waals surface area contributed by atoms with Gasteiger partial charge in [-0.2, -0.15) is 0 Å². The number of aromatic hydroxyl groups is 2. The molecule has 0 aromatic heterocycles. The molecule has 1 fully saturated rings. The molecule has 8 heteroatoms. The molecule has 7 nitrogen and oxygen atoms in total. The van der Waals surface area contributed by atoms with E-state index in [-0.39, 0.29) is 11.5 Å². The highest BCUT2D eigenvalue weighted by Crippen LogP contribution is 2.50. The fraction of sp³-hybridized carbons (Fsp3) is 0.200. The van der Waals surface area contributed by atoms with Crippen molar-refractivity contribution in [2.45, 2.75) is 23.9 Å². The Morgan fingerprint density at radius 2 is 1.39 bits per heavy atom. The van der Waals surface area contributed by atoms with Crippen LogP contribution in [0.5, 0.6) is 17.2 Å². The minimum absolute atomic E-state index is 0.125. The fourth-order valence-corrected chi connectivity index (χ4v) is 6.12. The van der Waals surface area contributed by atoms with Crippen LogP contribution in [-0.4, -0.2) is 43.2 Å². The summed E-state index contributed by atoms with van der Waals surface area (Å²) >= 11 is 0. The third-order valence-electron chi connectivity index (χ3n) is 6.10. The number of fused-ring (bicyclic) bond motifs is 2. The molecule has 0 amide bonds. The largest absolute Gasteiger partial charge is 0.508 e. The highest BCUT2D eigenvalue weighted by atomic mass is 32.2. The van der Waals surface area contributed by atoms with Crippen molar-refractivity contribution in [1.29, 1.82) is 0 Å². The molecule has 33 heavy (non-hydrogen) atoms. The Morgan fingerprint density at radius 3 is 1.94 bits per heavy atom. The van der Waals surface area contributed by atoms with Crippen LogP contribution in [0, 0.1) is 0 Å². The van der Waals surface area contributed by atoms with Crippen LogP contribution in [0.1, 0.15) is 17.5 Å². The number of methoxy groups -OCH3 is 1. The molecule has 2 aliphatic rings. The van der Waals surface area contributed by atoms with Crippen molar-refractivity contribution in [2.24, 2.45) is 0 Å². The Balaban J connectivity index is 1.53. The second-order valence-electron chi connectivity index (χ2n) is 8.12. The van der Waals surface area contributed by atoms with Gasteiger partial charge in [0.1, 0.15) is 28.6 Å². The maximum Gasteiger partial charge on any atom is 0.238 e. The Hall–Kier alpha value is -3.49. The molecule has 3 aromatic carbocycles. The van der Waals surface area contributed by atoms with Crippen molar-refractivity contribution in [2.75, 3.05) is 11.8 Å². The number of ether oxygens (including phenoxy) is 2. The minimum atomic E-state index is -3.76. The molecule has 3 aromatic rings. The van der Waals surface area contributed by atoms with Crippen molar-refractivity contribution in [3.63, 3.8) is 0 Å². The molecule has 0 radical (unpaired) electrons. The van der Waals surface area contributed by atoms with Gasteiger partial charge in [0.05, 0.1) is 13.2 Å². The van der Waals surface area contributed by atoms with E-state index in [2.05, 4.69) is 4.72 Å². The van der Waals surface area contributed by atoms with Gasteiger partial charge in [-0.15, -0.1) is 0 Å². The van der Waals surface area contributed by atoms with Gasteiger partial charge in [0.15, 0.2) is 0 Å². The van der Waals surface area contributed by atoms with Crippen LogP contribution in [0.2, 0.25) is 0 Å². The molecule has 3 atom stereocenters. The lowest BCUT2D eigenvalue weighted by atomic mass is 9.83. The Bertz CT molecular complexity index is 1300. The van der Waals surface area contributed by atoms with E-state index < -0.39 is 27.5 Å². The average Bonchev–Trinajstić information content (AvgIpc) is 3.40. The highest BCUT2D eigenvalue weighted by molar-refractivity contribution is 7.93. The minimum Gasteiger partial charge on any atom is -0.508 e. The molecule has 2 bridgehead atoms. The summed E-state index contributed by atoms with van der Waals surface area (Å²) in [6.45, 7) is 0. The summed E-state index contributed by atoms with van der Waals surface area (Å²) < 4.78 is 40.7. The number of rotatable bonds is 6. The molecule has 0 aliphatic carbocycles. The second kappa shape index (κ2) is 8.13. The van der Waals surface area contributed by atoms with Gasteiger partial charge in [-0.1, -0.05) is 24.3 Å². The number of sulfonamides is 1. The van der Waals surface area contributed by atoms with Gasteiger partial charge in [0.2, 0.25) is 10.0 Å². The number of phenols is 2. The zero-order valence-electron chi connectivity index (χ0n) is 17.8. The van der Waals surface area contributed by atoms with Crippen LogP contribution >= 0.6 is 0 Å². The van der Waals surface area contributed by atoms with Crippen LogP contribution in [0.4, 0.5) is 5.69 Å². The molecule has 2 heterocycles. The van der Waals surface area contributed by atoms with Gasteiger partial charge >= 0.3 is 0 Å². The maximum absolute atomic E-state index is 13.3. The number of phenolic OH excluding ortho intramolecular Hbond substituents is 2. The highest BCUT2D eigenvalue weighted by Gasteiger charge is 2.52. The molecule has 2 aliphatic heterocycles. The first-order chi connectivity index (χ1) is 15.9. The van der Waals surface area contributed by atoms with Crippen molar-refractivity contribution >= 4 is 26.9 Å². The lowest BCUT2D eigenvalue weighted by Gasteiger charge is -2.25. The number of nitrogens with one attached hydrogen (secondary N) is 1. The van der Waals surface area contributed by atoms with Crippen molar-refractivity contribution < 1.29 is 28.1 Å². The summed E-state index contributed by atoms with van der Waals surface area (Å²) in [5.41, 5.74) is 3.78. The van der Waals surface area contributed by atoms with E-state index in [9.17, 15) is 18.6 Å². The van der Waals surface area contributed by atoms with Gasteiger partial charge in [-0.3, -0.25) is 4.72 Å². The number of benzene rings is 3. The third kappa shape index (κ3) is 3.92. The summed E-state index contributed by atoms with van der Waals surface area (Å²) in [6.07, 6.45) is -0.756. The van der Waals surface area contributed by atoms with Crippen LogP contribution in [-0.2, 0) is 14.8 Å². The zero-order valence-corrected chi connectivity index (χ0v) is 18.6. The Kier molecular flexibility index (Phi) is 5.26. The van der Waals surface area contributed by atoms with Gasteiger partial charge in [-0.25, -0.2) is 8.42 Å². The number of hydrogen-bond acceptors (Lipinski definition) is 6. The molecular formula is C25H23NO6S. The van der Waals surface area contributed by atoms with Crippen LogP contribution in [0.25, 0.3) is 11.1 Å². The molecule has 0 saturated carbocycles. The molecular weight excluding hydrogens is 442 g/mol. The molecule has 0 spiro atoms. The molecule has 170 valence electrons. The average molecular weight is 466 g/mol. The summed E-state index contributed by atoms with van der Waals surface area (Å²) in [4.78, 5) is 0. The first kappa shape index (κ1) is 21.4. The first-order valence-electron chi connectivity index (χ1n) is 10.5. The quantitative estimate of drug-likeness (QED) is 0.508. The normalized spacial score (nSPS) is 21.9. The lowest BCUT2D eigenvalue weighted by molar-refractivity contribution is 0.128. The van der Waals surface area contributed by atoms with Gasteiger partial charge < -0.3 is 19.7 Å². The van der Waals surface area contributed by atoms with Gasteiger partial charge in [0.25, 0.3) is 0 Å². The monoisotopic (exact) mass is 465 g/mol. The fourth-order valence-electron chi connectivity index (χ4n) is 4.55. The van der Waals surface area contributed by atoms with E-state index in [0.717, 1.165) is 22.3 Å². The second-order valence-corrected chi connectivity index (χ2v) is 10.0. The van der Waals surface area contributed by atoms with Gasteiger partial charge in [0, 0.05) is 5.69 Å². The summed E-state index contributed by atoms with van der Waals surface area (Å²) in [7, 11) is -2.21. The van der Waals surface area contributed by atoms with Crippen LogP contribution < -0.4 is 9.46 Å². The van der Waals surface area contributed by atoms with E-state index in [4.69, 9.17) is 9.47 Å². The topological polar surface area (TPSA) is 105 Å². The zero-order chi connectivity index (χ0) is 23.2. The predicted octanol–water partition coefficient (Wildman–Crippen LogP) is 4.00. The van der Waals surface area contributed by atoms with E-state index >= 15 is 0 Å². The van der Waals surface area contributed by atoms with Crippen LogP contribution in [0.3, 0.4) is 0 Å². The van der Waals surface area contributed by atoms with Crippen LogP contribution in [0.15, 0.2) is 72.8 Å². The van der Waals surface area contributed by atoms with E-state index in [1.807, 2.05) is 0 Å². The van der Waals surface area contributed by atoms with E-state index in [1.165, 1.54) is 0 Å². The predicted molar refractivity (Wildman–Crippen MR) is 126 cm³/mol. The van der Waals surface area contributed by atoms with Crippen molar-refractivity contribution in [3.05, 3.63) is 83.9 Å². The van der Waals surface area contributed by atoms with Crippen molar-refractivity contribution in [1.82, 2.24) is 0 Å². The molecule has 1 saturated heterocycles. The number of anilines is 1. The standard InChI is InChI=1S/C25H23NO6S/c1-31-20-12-6-17(7-13-20)26-33(29,30)22-14-21-23(15-2-8-18(27)9-3-15)24(25(22)32-21)16-4-10-19(28)11-5-16/h2-13,21-22,25-28H,14H2,1H3/t21-,22+,25+/m1/s1. The van der Waals surface area contributed by atoms with E-state index in [0.29, 0.717) is 17.9 Å². The smallest absolute Gasteiger partial charge is 0.238 e.